The number of ether oxygens (including phenoxy) is 1. The van der Waals surface area contributed by atoms with Crippen molar-refractivity contribution in [3.8, 4) is 0 Å². The molecule has 2 aromatic rings. The van der Waals surface area contributed by atoms with Crippen LogP contribution >= 0.6 is 0 Å². The van der Waals surface area contributed by atoms with Crippen LogP contribution in [0.5, 0.6) is 0 Å². The molecule has 0 aromatic heterocycles. The van der Waals surface area contributed by atoms with E-state index in [0.29, 0.717) is 0 Å². The van der Waals surface area contributed by atoms with Crippen LogP contribution in [0.25, 0.3) is 18.2 Å². The molecule has 0 aliphatic rings. The Morgan fingerprint density at radius 1 is 1.04 bits per heavy atom. The summed E-state index contributed by atoms with van der Waals surface area (Å²) in [5.74, 6) is 0.819. The fraction of sp³-hybridized carbons (Fsp3) is 0.259. The highest BCUT2D eigenvalue weighted by Crippen LogP contribution is 2.24. The van der Waals surface area contributed by atoms with Crippen LogP contribution in [-0.4, -0.2) is 7.11 Å². The molecule has 0 N–H and O–H groups in total. The van der Waals surface area contributed by atoms with Gasteiger partial charge in [0.2, 0.25) is 0 Å². The number of benzene rings is 2. The minimum absolute atomic E-state index is 0.819. The molecule has 0 heterocycles. The average molecular weight is 375 g/mol. The summed E-state index contributed by atoms with van der Waals surface area (Å²) in [4.78, 5) is 0. The third-order valence-electron chi connectivity index (χ3n) is 4.47. The van der Waals surface area contributed by atoms with E-state index in [-0.39, 0.29) is 0 Å². The molecule has 2 rings (SSSR count). The molecule has 2 aromatic carbocycles. The van der Waals surface area contributed by atoms with E-state index in [9.17, 15) is 0 Å². The van der Waals surface area contributed by atoms with E-state index in [2.05, 4.69) is 68.3 Å². The second kappa shape index (κ2) is 12.6. The predicted octanol–water partition coefficient (Wildman–Crippen LogP) is 7.72. The first-order valence-electron chi connectivity index (χ1n) is 9.95. The molecule has 0 spiro atoms. The third kappa shape index (κ3) is 6.74. The van der Waals surface area contributed by atoms with Gasteiger partial charge in [-0.15, -0.1) is 0 Å². The molecule has 1 heteroatoms. The molecule has 0 bridgehead atoms. The molecule has 0 unspecified atom stereocenters. The van der Waals surface area contributed by atoms with Gasteiger partial charge >= 0.3 is 0 Å². The maximum Gasteiger partial charge on any atom is 0.0887 e. The molecule has 0 aliphatic carbocycles. The zero-order chi connectivity index (χ0) is 20.9. The Balaban J connectivity index is 0.00000190. The van der Waals surface area contributed by atoms with Crippen LogP contribution in [0.1, 0.15) is 60.6 Å². The van der Waals surface area contributed by atoms with Crippen LogP contribution < -0.4 is 0 Å². The summed E-state index contributed by atoms with van der Waals surface area (Å²) in [6, 6.07) is 13.1. The van der Waals surface area contributed by atoms with Gasteiger partial charge in [-0.25, -0.2) is 0 Å². The molecule has 0 aliphatic heterocycles. The molecule has 0 saturated heterocycles. The van der Waals surface area contributed by atoms with Crippen molar-refractivity contribution in [2.45, 2.75) is 40.0 Å². The molecule has 28 heavy (non-hydrogen) atoms. The number of aryl methyl sites for hydroxylation is 1. The first-order chi connectivity index (χ1) is 13.6. The number of hydrogen-bond acceptors (Lipinski definition) is 1. The van der Waals surface area contributed by atoms with Crippen molar-refractivity contribution in [3.63, 3.8) is 0 Å². The summed E-state index contributed by atoms with van der Waals surface area (Å²) in [6.45, 7) is 17.9. The Labute approximate surface area is 171 Å². The van der Waals surface area contributed by atoms with Crippen LogP contribution in [0.15, 0.2) is 68.0 Å². The van der Waals surface area contributed by atoms with E-state index in [0.717, 1.165) is 30.6 Å². The summed E-state index contributed by atoms with van der Waals surface area (Å²) in [5, 5.41) is 0. The molecule has 148 valence electrons. The Morgan fingerprint density at radius 3 is 2.36 bits per heavy atom. The maximum atomic E-state index is 5.17. The van der Waals surface area contributed by atoms with Gasteiger partial charge in [-0.3, -0.25) is 0 Å². The summed E-state index contributed by atoms with van der Waals surface area (Å²) in [6.07, 6.45) is 10.7. The lowest BCUT2D eigenvalue weighted by Gasteiger charge is -2.13. The minimum atomic E-state index is 0.819. The van der Waals surface area contributed by atoms with Gasteiger partial charge in [0.1, 0.15) is 0 Å². The number of allylic oxidation sites excluding steroid dienone is 2. The van der Waals surface area contributed by atoms with Crippen molar-refractivity contribution < 1.29 is 4.74 Å². The van der Waals surface area contributed by atoms with Gasteiger partial charge in [0.05, 0.1) is 12.9 Å². The van der Waals surface area contributed by atoms with Gasteiger partial charge in [-0.05, 0) is 59.2 Å². The summed E-state index contributed by atoms with van der Waals surface area (Å²) in [5.41, 5.74) is 7.36. The minimum Gasteiger partial charge on any atom is -0.502 e. The molecular formula is C27H34O. The Bertz CT molecular complexity index is 824. The van der Waals surface area contributed by atoms with Crippen LogP contribution in [0, 0.1) is 0 Å². The molecule has 0 amide bonds. The highest BCUT2D eigenvalue weighted by molar-refractivity contribution is 5.71. The van der Waals surface area contributed by atoms with Gasteiger partial charge in [-0.1, -0.05) is 88.2 Å². The number of rotatable bonds is 9. The lowest BCUT2D eigenvalue weighted by Crippen LogP contribution is -1.97. The average Bonchev–Trinajstić information content (AvgIpc) is 2.73. The molecule has 1 nitrogen and oxygen atoms in total. The van der Waals surface area contributed by atoms with Gasteiger partial charge in [0, 0.05) is 6.42 Å². The second-order valence-corrected chi connectivity index (χ2v) is 6.33. The predicted molar refractivity (Wildman–Crippen MR) is 126 cm³/mol. The number of methoxy groups -OCH3 is 1. The second-order valence-electron chi connectivity index (χ2n) is 6.33. The summed E-state index contributed by atoms with van der Waals surface area (Å²) < 4.78 is 5.17. The van der Waals surface area contributed by atoms with Crippen LogP contribution in [0.2, 0.25) is 0 Å². The van der Waals surface area contributed by atoms with Crippen molar-refractivity contribution >= 4 is 18.2 Å². The zero-order valence-electron chi connectivity index (χ0n) is 17.9. The van der Waals surface area contributed by atoms with E-state index in [1.54, 1.807) is 7.11 Å². The quantitative estimate of drug-likeness (QED) is 0.408. The molecule has 0 atom stereocenters. The fourth-order valence-corrected chi connectivity index (χ4v) is 3.09. The topological polar surface area (TPSA) is 9.23 Å². The van der Waals surface area contributed by atoms with Gasteiger partial charge in [0.25, 0.3) is 0 Å². The summed E-state index contributed by atoms with van der Waals surface area (Å²) in [7, 11) is 1.67. The molecule has 0 saturated carbocycles. The fourth-order valence-electron chi connectivity index (χ4n) is 3.09. The Hall–Kier alpha value is -2.80. The Morgan fingerprint density at radius 2 is 1.75 bits per heavy atom. The lowest BCUT2D eigenvalue weighted by atomic mass is 9.92. The molecule has 0 radical (unpaired) electrons. The Kier molecular flexibility index (Phi) is 10.4. The van der Waals surface area contributed by atoms with Crippen molar-refractivity contribution in [2.75, 3.05) is 7.11 Å². The van der Waals surface area contributed by atoms with Crippen molar-refractivity contribution in [2.24, 2.45) is 0 Å². The first kappa shape index (κ1) is 23.2. The SMILES string of the molecule is C=Cc1cc(/C=C\C)c(C=C)c(Cc2cccc(CCC(=C)OC)c2)c1.CC. The standard InChI is InChI=1S/C25H28O.C2H6/c1-6-10-23-16-20(7-2)17-24(25(23)8-3)18-22-12-9-11-21(15-22)14-13-19(4)26-5;1-2/h6-12,15-17H,2-4,13-14,18H2,1,5H3;1-2H3/b10-6-;. The normalized spacial score (nSPS) is 10.1. The zero-order valence-corrected chi connectivity index (χ0v) is 17.9. The first-order valence-corrected chi connectivity index (χ1v) is 9.95. The van der Waals surface area contributed by atoms with E-state index in [4.69, 9.17) is 4.74 Å². The molecular weight excluding hydrogens is 340 g/mol. The van der Waals surface area contributed by atoms with Gasteiger partial charge in [0.15, 0.2) is 0 Å². The van der Waals surface area contributed by atoms with Crippen LogP contribution in [0.3, 0.4) is 0 Å². The third-order valence-corrected chi connectivity index (χ3v) is 4.47. The molecule has 0 fully saturated rings. The van der Waals surface area contributed by atoms with Crippen molar-refractivity contribution in [1.29, 1.82) is 0 Å². The monoisotopic (exact) mass is 374 g/mol. The van der Waals surface area contributed by atoms with Crippen LogP contribution in [0.4, 0.5) is 0 Å². The maximum absolute atomic E-state index is 5.17. The van der Waals surface area contributed by atoms with E-state index in [1.807, 2.05) is 32.9 Å². The van der Waals surface area contributed by atoms with Gasteiger partial charge in [-0.2, -0.15) is 0 Å². The smallest absolute Gasteiger partial charge is 0.0887 e. The van der Waals surface area contributed by atoms with Crippen LogP contribution in [-0.2, 0) is 17.6 Å². The van der Waals surface area contributed by atoms with Gasteiger partial charge < -0.3 is 4.74 Å². The lowest BCUT2D eigenvalue weighted by molar-refractivity contribution is 0.279. The highest BCUT2D eigenvalue weighted by Gasteiger charge is 2.08. The number of hydrogen-bond donors (Lipinski definition) is 0. The van der Waals surface area contributed by atoms with Crippen molar-refractivity contribution in [3.05, 3.63) is 101 Å². The highest BCUT2D eigenvalue weighted by atomic mass is 16.5. The van der Waals surface area contributed by atoms with E-state index < -0.39 is 0 Å². The van der Waals surface area contributed by atoms with E-state index in [1.165, 1.54) is 27.8 Å². The van der Waals surface area contributed by atoms with E-state index >= 15 is 0 Å². The largest absolute Gasteiger partial charge is 0.502 e. The van der Waals surface area contributed by atoms with Crippen molar-refractivity contribution in [1.82, 2.24) is 0 Å². The summed E-state index contributed by atoms with van der Waals surface area (Å²) >= 11 is 0.